The second-order valence-corrected chi connectivity index (χ2v) is 9.30. The summed E-state index contributed by atoms with van der Waals surface area (Å²) in [6.45, 7) is 12.3. The molecule has 0 spiro atoms. The number of hydrogen-bond acceptors (Lipinski definition) is 4. The van der Waals surface area contributed by atoms with E-state index in [-0.39, 0.29) is 0 Å². The van der Waals surface area contributed by atoms with Crippen LogP contribution in [-0.4, -0.2) is 37.4 Å². The van der Waals surface area contributed by atoms with Crippen LogP contribution in [0.4, 0.5) is 4.39 Å². The minimum atomic E-state index is -3.67. The predicted molar refractivity (Wildman–Crippen MR) is 128 cm³/mol. The number of halogens is 1. The molecule has 0 saturated carbocycles. The van der Waals surface area contributed by atoms with Gasteiger partial charge < -0.3 is 14.2 Å². The van der Waals surface area contributed by atoms with Gasteiger partial charge >= 0.3 is 7.75 Å². The maximum atomic E-state index is 11.7. The molecular formula is C24H36FN2O4P. The summed E-state index contributed by atoms with van der Waals surface area (Å²) < 4.78 is 33.0. The summed E-state index contributed by atoms with van der Waals surface area (Å²) in [4.78, 5) is 9.56. The third kappa shape index (κ3) is 9.20. The van der Waals surface area contributed by atoms with Crippen molar-refractivity contribution in [1.29, 1.82) is 5.26 Å². The fourth-order valence-corrected chi connectivity index (χ4v) is 3.73. The molecule has 0 aromatic heterocycles. The molecule has 1 aliphatic heterocycles. The molecule has 1 aromatic carbocycles. The molecular weight excluding hydrogens is 430 g/mol. The number of benzene rings is 1. The third-order valence-corrected chi connectivity index (χ3v) is 6.62. The molecule has 1 heterocycles. The first kappa shape index (κ1) is 29.9. The van der Waals surface area contributed by atoms with Crippen molar-refractivity contribution in [1.82, 2.24) is 4.67 Å². The monoisotopic (exact) mass is 466 g/mol. The van der Waals surface area contributed by atoms with Crippen molar-refractivity contribution >= 4 is 7.75 Å². The zero-order chi connectivity index (χ0) is 24.8. The first-order valence-corrected chi connectivity index (χ1v) is 11.8. The summed E-state index contributed by atoms with van der Waals surface area (Å²) in [5.41, 5.74) is 3.49. The van der Waals surface area contributed by atoms with E-state index in [2.05, 4.69) is 30.7 Å². The Bertz CT molecular complexity index is 866. The molecule has 2 unspecified atom stereocenters. The minimum absolute atomic E-state index is 0.420. The largest absolute Gasteiger partial charge is 0.405 e. The van der Waals surface area contributed by atoms with Crippen molar-refractivity contribution in [2.75, 3.05) is 27.9 Å². The van der Waals surface area contributed by atoms with E-state index in [0.29, 0.717) is 32.3 Å². The van der Waals surface area contributed by atoms with E-state index in [4.69, 9.17) is 10.00 Å². The quantitative estimate of drug-likeness (QED) is 0.353. The van der Waals surface area contributed by atoms with Gasteiger partial charge in [0, 0.05) is 13.7 Å². The van der Waals surface area contributed by atoms with Crippen LogP contribution in [0.1, 0.15) is 49.8 Å². The van der Waals surface area contributed by atoms with E-state index in [0.717, 1.165) is 29.5 Å². The van der Waals surface area contributed by atoms with Gasteiger partial charge in [0.1, 0.15) is 0 Å². The van der Waals surface area contributed by atoms with Crippen molar-refractivity contribution in [3.63, 3.8) is 0 Å². The summed E-state index contributed by atoms with van der Waals surface area (Å²) in [5, 5.41) is 8.94. The number of hydrogen-bond donors (Lipinski definition) is 1. The lowest BCUT2D eigenvalue weighted by Gasteiger charge is -2.27. The Morgan fingerprint density at radius 1 is 1.50 bits per heavy atom. The van der Waals surface area contributed by atoms with Crippen LogP contribution >= 0.6 is 7.75 Å². The first-order chi connectivity index (χ1) is 15.1. The summed E-state index contributed by atoms with van der Waals surface area (Å²) in [6.07, 6.45) is 8.05. The molecule has 0 aliphatic carbocycles. The topological polar surface area (TPSA) is 82.8 Å². The van der Waals surface area contributed by atoms with Crippen LogP contribution in [0.15, 0.2) is 55.2 Å². The highest BCUT2D eigenvalue weighted by atomic mass is 31.2. The average Bonchev–Trinajstić information content (AvgIpc) is 3.14. The van der Waals surface area contributed by atoms with Gasteiger partial charge in [0.15, 0.2) is 0 Å². The SMILES string of the molecule is C=C/C=C\C(=C)CC.CF.COP(=O)(O)N(C)CCCC1(C)OCc2cc(C#N)ccc21. The van der Waals surface area contributed by atoms with Crippen molar-refractivity contribution in [3.8, 4) is 6.07 Å². The highest BCUT2D eigenvalue weighted by Crippen LogP contribution is 2.45. The zero-order valence-electron chi connectivity index (χ0n) is 19.8. The molecule has 1 N–H and O–H groups in total. The second-order valence-electron chi connectivity index (χ2n) is 7.27. The number of rotatable bonds is 9. The highest BCUT2D eigenvalue weighted by Gasteiger charge is 2.35. The summed E-state index contributed by atoms with van der Waals surface area (Å²) >= 11 is 0. The summed E-state index contributed by atoms with van der Waals surface area (Å²) in [7, 11) is -0.379. The van der Waals surface area contributed by atoms with Gasteiger partial charge in [-0.05, 0) is 56.5 Å². The fourth-order valence-electron chi connectivity index (χ4n) is 3.05. The Balaban J connectivity index is 0.000000814. The van der Waals surface area contributed by atoms with Gasteiger partial charge in [-0.3, -0.25) is 4.39 Å². The molecule has 178 valence electrons. The normalized spacial score (nSPS) is 18.5. The molecule has 0 fully saturated rings. The molecule has 0 bridgehead atoms. The van der Waals surface area contributed by atoms with E-state index in [1.165, 1.54) is 11.8 Å². The van der Waals surface area contributed by atoms with Crippen molar-refractivity contribution in [3.05, 3.63) is 71.8 Å². The predicted octanol–water partition coefficient (Wildman–Crippen LogP) is 6.04. The maximum absolute atomic E-state index is 11.7. The lowest BCUT2D eigenvalue weighted by atomic mass is 9.89. The van der Waals surface area contributed by atoms with E-state index in [1.54, 1.807) is 19.2 Å². The average molecular weight is 467 g/mol. The van der Waals surface area contributed by atoms with E-state index in [9.17, 15) is 13.8 Å². The number of fused-ring (bicyclic) bond motifs is 1. The standard InChI is InChI=1S/C15H21N2O4P.C8H12.CH3F/c1-15(7-4-8-17(2)22(18,19)20-3)14-6-5-12(10-16)9-13(14)11-21-15;1-4-6-7-8(3)5-2;1-2/h5-6,9H,4,7-8,11H2,1-3H3,(H,18,19);4,6-7H,1,3,5H2,2H3;1H3/b;7-6-;. The lowest BCUT2D eigenvalue weighted by Crippen LogP contribution is -2.24. The van der Waals surface area contributed by atoms with Crippen LogP contribution in [-0.2, 0) is 26.0 Å². The highest BCUT2D eigenvalue weighted by molar-refractivity contribution is 7.50. The Morgan fingerprint density at radius 2 is 2.16 bits per heavy atom. The number of ether oxygens (including phenoxy) is 1. The molecule has 0 saturated heterocycles. The van der Waals surface area contributed by atoms with Crippen LogP contribution < -0.4 is 0 Å². The molecule has 0 radical (unpaired) electrons. The molecule has 2 rings (SSSR count). The van der Waals surface area contributed by atoms with Gasteiger partial charge in [0.25, 0.3) is 0 Å². The maximum Gasteiger partial charge on any atom is 0.405 e. The van der Waals surface area contributed by atoms with Crippen molar-refractivity contribution in [2.45, 2.75) is 45.3 Å². The molecule has 8 heteroatoms. The van der Waals surface area contributed by atoms with Gasteiger partial charge in [0.2, 0.25) is 0 Å². The van der Waals surface area contributed by atoms with E-state index >= 15 is 0 Å². The summed E-state index contributed by atoms with van der Waals surface area (Å²) in [6, 6.07) is 7.73. The first-order valence-electron chi connectivity index (χ1n) is 10.3. The molecule has 0 amide bonds. The van der Waals surface area contributed by atoms with Crippen LogP contribution in [0, 0.1) is 11.3 Å². The third-order valence-electron chi connectivity index (χ3n) is 5.08. The van der Waals surface area contributed by atoms with E-state index < -0.39 is 13.3 Å². The summed E-state index contributed by atoms with van der Waals surface area (Å²) in [5.74, 6) is 0. The number of allylic oxidation sites excluding steroid dienone is 4. The van der Waals surface area contributed by atoms with Crippen molar-refractivity contribution < 1.29 is 23.1 Å². The van der Waals surface area contributed by atoms with Crippen LogP contribution in [0.5, 0.6) is 0 Å². The Labute approximate surface area is 192 Å². The zero-order valence-corrected chi connectivity index (χ0v) is 20.7. The van der Waals surface area contributed by atoms with E-state index in [1.807, 2.05) is 31.2 Å². The van der Waals surface area contributed by atoms with Gasteiger partial charge in [-0.2, -0.15) is 5.26 Å². The molecule has 6 nitrogen and oxygen atoms in total. The molecule has 1 aromatic rings. The number of alkyl halides is 1. The van der Waals surface area contributed by atoms with Crippen LogP contribution in [0.25, 0.3) is 0 Å². The second kappa shape index (κ2) is 14.9. The molecule has 2 atom stereocenters. The Kier molecular flexibility index (Phi) is 13.9. The smallest absolute Gasteiger partial charge is 0.366 e. The van der Waals surface area contributed by atoms with Gasteiger partial charge in [-0.15, -0.1) is 0 Å². The van der Waals surface area contributed by atoms with Crippen LogP contribution in [0.2, 0.25) is 0 Å². The van der Waals surface area contributed by atoms with Gasteiger partial charge in [-0.25, -0.2) is 9.24 Å². The lowest BCUT2D eigenvalue weighted by molar-refractivity contribution is -0.0315. The van der Waals surface area contributed by atoms with Crippen LogP contribution in [0.3, 0.4) is 0 Å². The molecule has 1 aliphatic rings. The Hall–Kier alpha value is -2.07. The molecule has 32 heavy (non-hydrogen) atoms. The van der Waals surface area contributed by atoms with Gasteiger partial charge in [-0.1, -0.05) is 49.9 Å². The Morgan fingerprint density at radius 3 is 2.69 bits per heavy atom. The number of nitrogens with zero attached hydrogens (tertiary/aromatic N) is 2. The number of nitriles is 1. The minimum Gasteiger partial charge on any atom is -0.366 e. The fraction of sp³-hybridized carbons (Fsp3) is 0.458. The van der Waals surface area contributed by atoms with Crippen molar-refractivity contribution in [2.24, 2.45) is 0 Å². The van der Waals surface area contributed by atoms with Gasteiger partial charge in [0.05, 0.1) is 31.0 Å².